The van der Waals surface area contributed by atoms with Gasteiger partial charge in [-0.25, -0.2) is 4.68 Å². The van der Waals surface area contributed by atoms with Gasteiger partial charge >= 0.3 is 0 Å². The number of nitrogen functional groups attached to an aromatic ring is 1. The number of nitrogens with one attached hydrogen (secondary N) is 2. The smallest absolute Gasteiger partial charge is 0.156 e. The third-order valence-electron chi connectivity index (χ3n) is 2.69. The van der Waals surface area contributed by atoms with Crippen LogP contribution in [0.25, 0.3) is 10.9 Å². The summed E-state index contributed by atoms with van der Waals surface area (Å²) in [7, 11) is 0. The number of hydrogen-bond acceptors (Lipinski definition) is 4. The van der Waals surface area contributed by atoms with Crippen LogP contribution in [0.4, 0.5) is 5.82 Å². The second kappa shape index (κ2) is 3.22. The van der Waals surface area contributed by atoms with Gasteiger partial charge in [0.1, 0.15) is 0 Å². The van der Waals surface area contributed by atoms with Gasteiger partial charge < -0.3 is 5.73 Å². The zero-order valence-corrected chi connectivity index (χ0v) is 8.27. The number of nitrogens with two attached hydrogens (primary N) is 1. The molecule has 0 amide bonds. The molecule has 5 heteroatoms. The van der Waals surface area contributed by atoms with Crippen LogP contribution in [-0.2, 0) is 0 Å². The summed E-state index contributed by atoms with van der Waals surface area (Å²) in [6.07, 6.45) is 0.0622. The summed E-state index contributed by atoms with van der Waals surface area (Å²) in [4.78, 5) is 0. The highest BCUT2D eigenvalue weighted by Crippen LogP contribution is 2.22. The highest BCUT2D eigenvalue weighted by molar-refractivity contribution is 5.89. The van der Waals surface area contributed by atoms with Crippen LogP contribution in [0.3, 0.4) is 0 Å². The SMILES string of the molecule is Nc1nn(C2NCCN2)c2ccccc12. The van der Waals surface area contributed by atoms with E-state index in [2.05, 4.69) is 15.7 Å². The highest BCUT2D eigenvalue weighted by atomic mass is 15.5. The Hall–Kier alpha value is -1.59. The van der Waals surface area contributed by atoms with Gasteiger partial charge in [-0.05, 0) is 12.1 Å². The van der Waals surface area contributed by atoms with Gasteiger partial charge in [-0.1, -0.05) is 12.1 Å². The van der Waals surface area contributed by atoms with Crippen molar-refractivity contribution in [3.8, 4) is 0 Å². The minimum Gasteiger partial charge on any atom is -0.382 e. The zero-order chi connectivity index (χ0) is 10.3. The molecule has 1 fully saturated rings. The predicted octanol–water partition coefficient (Wildman–Crippen LogP) is 0.267. The van der Waals surface area contributed by atoms with Crippen molar-refractivity contribution in [2.75, 3.05) is 18.8 Å². The Balaban J connectivity index is 2.17. The molecular weight excluding hydrogens is 190 g/mol. The molecule has 0 saturated carbocycles. The van der Waals surface area contributed by atoms with Crippen molar-refractivity contribution in [2.24, 2.45) is 0 Å². The van der Waals surface area contributed by atoms with Crippen LogP contribution in [0.2, 0.25) is 0 Å². The number of fused-ring (bicyclic) bond motifs is 1. The zero-order valence-electron chi connectivity index (χ0n) is 8.27. The molecule has 2 heterocycles. The summed E-state index contributed by atoms with van der Waals surface area (Å²) >= 11 is 0. The first-order valence-corrected chi connectivity index (χ1v) is 5.06. The van der Waals surface area contributed by atoms with Crippen LogP contribution in [0.1, 0.15) is 6.29 Å². The van der Waals surface area contributed by atoms with Crippen molar-refractivity contribution in [1.82, 2.24) is 20.4 Å². The number of aromatic nitrogens is 2. The van der Waals surface area contributed by atoms with E-state index in [0.29, 0.717) is 5.82 Å². The van der Waals surface area contributed by atoms with Gasteiger partial charge in [-0.15, -0.1) is 0 Å². The Labute approximate surface area is 87.2 Å². The molecule has 1 aromatic carbocycles. The molecular formula is C10H13N5. The van der Waals surface area contributed by atoms with Crippen molar-refractivity contribution >= 4 is 16.7 Å². The van der Waals surface area contributed by atoms with Crippen molar-refractivity contribution in [3.05, 3.63) is 24.3 Å². The van der Waals surface area contributed by atoms with E-state index in [1.54, 1.807) is 0 Å². The minimum atomic E-state index is 0.0622. The first-order valence-electron chi connectivity index (χ1n) is 5.06. The molecule has 1 aliphatic heterocycles. The number of anilines is 1. The van der Waals surface area contributed by atoms with Gasteiger partial charge in [0.25, 0.3) is 0 Å². The lowest BCUT2D eigenvalue weighted by molar-refractivity contribution is 0.399. The summed E-state index contributed by atoms with van der Waals surface area (Å²) in [5, 5.41) is 12.0. The molecule has 0 aliphatic carbocycles. The normalized spacial score (nSPS) is 17.6. The fourth-order valence-corrected chi connectivity index (χ4v) is 1.97. The molecule has 0 atom stereocenters. The largest absolute Gasteiger partial charge is 0.382 e. The van der Waals surface area contributed by atoms with E-state index in [9.17, 15) is 0 Å². The predicted molar refractivity (Wildman–Crippen MR) is 59.2 cm³/mol. The third kappa shape index (κ3) is 1.28. The lowest BCUT2D eigenvalue weighted by atomic mass is 10.2. The third-order valence-corrected chi connectivity index (χ3v) is 2.69. The Morgan fingerprint density at radius 2 is 2.00 bits per heavy atom. The average molecular weight is 203 g/mol. The molecule has 4 N–H and O–H groups in total. The minimum absolute atomic E-state index is 0.0622. The summed E-state index contributed by atoms with van der Waals surface area (Å²) in [6.45, 7) is 1.91. The summed E-state index contributed by atoms with van der Waals surface area (Å²) < 4.78 is 1.90. The second-order valence-electron chi connectivity index (χ2n) is 3.66. The van der Waals surface area contributed by atoms with Crippen molar-refractivity contribution in [3.63, 3.8) is 0 Å². The number of nitrogens with zero attached hydrogens (tertiary/aromatic N) is 2. The quantitative estimate of drug-likeness (QED) is 0.622. The van der Waals surface area contributed by atoms with Gasteiger partial charge in [-0.2, -0.15) is 5.10 Å². The molecule has 1 aromatic heterocycles. The van der Waals surface area contributed by atoms with Crippen molar-refractivity contribution < 1.29 is 0 Å². The van der Waals surface area contributed by atoms with Crippen LogP contribution >= 0.6 is 0 Å². The first kappa shape index (κ1) is 8.70. The Bertz CT molecular complexity index is 484. The van der Waals surface area contributed by atoms with E-state index < -0.39 is 0 Å². The van der Waals surface area contributed by atoms with Gasteiger partial charge in [0.05, 0.1) is 5.52 Å². The fraction of sp³-hybridized carbons (Fsp3) is 0.300. The molecule has 1 saturated heterocycles. The molecule has 2 aromatic rings. The maximum absolute atomic E-state index is 5.86. The van der Waals surface area contributed by atoms with E-state index in [1.807, 2.05) is 28.9 Å². The summed E-state index contributed by atoms with van der Waals surface area (Å²) in [5.41, 5.74) is 6.91. The second-order valence-corrected chi connectivity index (χ2v) is 3.66. The fourth-order valence-electron chi connectivity index (χ4n) is 1.97. The van der Waals surface area contributed by atoms with E-state index >= 15 is 0 Å². The number of para-hydroxylation sites is 1. The van der Waals surface area contributed by atoms with E-state index in [4.69, 9.17) is 5.73 Å². The van der Waals surface area contributed by atoms with Crippen LogP contribution in [0.15, 0.2) is 24.3 Å². The maximum atomic E-state index is 5.86. The van der Waals surface area contributed by atoms with Gasteiger partial charge in [0.2, 0.25) is 0 Å². The van der Waals surface area contributed by atoms with Gasteiger partial charge in [0.15, 0.2) is 12.1 Å². The molecule has 0 radical (unpaired) electrons. The molecule has 5 nitrogen and oxygen atoms in total. The van der Waals surface area contributed by atoms with Crippen molar-refractivity contribution in [1.29, 1.82) is 0 Å². The van der Waals surface area contributed by atoms with Crippen LogP contribution in [-0.4, -0.2) is 22.9 Å². The molecule has 78 valence electrons. The molecule has 1 aliphatic rings. The lowest BCUT2D eigenvalue weighted by Gasteiger charge is -2.12. The summed E-state index contributed by atoms with van der Waals surface area (Å²) in [6, 6.07) is 7.98. The molecule has 3 rings (SSSR count). The molecule has 0 spiro atoms. The molecule has 0 unspecified atom stereocenters. The highest BCUT2D eigenvalue weighted by Gasteiger charge is 2.18. The van der Waals surface area contributed by atoms with Crippen LogP contribution in [0.5, 0.6) is 0 Å². The average Bonchev–Trinajstić information content (AvgIpc) is 2.87. The van der Waals surface area contributed by atoms with E-state index in [1.165, 1.54) is 0 Å². The number of benzene rings is 1. The Morgan fingerprint density at radius 3 is 2.80 bits per heavy atom. The number of hydrogen-bond donors (Lipinski definition) is 3. The number of rotatable bonds is 1. The van der Waals surface area contributed by atoms with Gasteiger partial charge in [0, 0.05) is 18.5 Å². The lowest BCUT2D eigenvalue weighted by Crippen LogP contribution is -2.28. The molecule has 15 heavy (non-hydrogen) atoms. The van der Waals surface area contributed by atoms with Crippen LogP contribution < -0.4 is 16.4 Å². The van der Waals surface area contributed by atoms with E-state index in [0.717, 1.165) is 24.0 Å². The van der Waals surface area contributed by atoms with E-state index in [-0.39, 0.29) is 6.29 Å². The Morgan fingerprint density at radius 1 is 1.27 bits per heavy atom. The van der Waals surface area contributed by atoms with Gasteiger partial charge in [-0.3, -0.25) is 10.6 Å². The van der Waals surface area contributed by atoms with Crippen LogP contribution in [0, 0.1) is 0 Å². The molecule has 0 bridgehead atoms. The standard InChI is InChI=1S/C10H13N5/c11-9-7-3-1-2-4-8(7)15(14-9)10-12-5-6-13-10/h1-4,10,12-13H,5-6H2,(H2,11,14). The first-order chi connectivity index (χ1) is 7.36. The topological polar surface area (TPSA) is 67.9 Å². The monoisotopic (exact) mass is 203 g/mol. The van der Waals surface area contributed by atoms with Crippen molar-refractivity contribution in [2.45, 2.75) is 6.29 Å². The Kier molecular flexibility index (Phi) is 1.87. The maximum Gasteiger partial charge on any atom is 0.156 e. The summed E-state index contributed by atoms with van der Waals surface area (Å²) in [5.74, 6) is 0.584.